The molecule has 0 aromatic heterocycles. The summed E-state index contributed by atoms with van der Waals surface area (Å²) in [6.45, 7) is 1.23. The predicted octanol–water partition coefficient (Wildman–Crippen LogP) is 2.46. The van der Waals surface area contributed by atoms with E-state index >= 15 is 0 Å². The summed E-state index contributed by atoms with van der Waals surface area (Å²) in [6.07, 6.45) is 1.19. The molecule has 0 saturated carbocycles. The van der Waals surface area contributed by atoms with E-state index in [4.69, 9.17) is 0 Å². The zero-order valence-corrected chi connectivity index (χ0v) is 12.8. The van der Waals surface area contributed by atoms with Crippen LogP contribution < -0.4 is 10.6 Å². The first-order chi connectivity index (χ1) is 11.1. The number of amides is 1. The van der Waals surface area contributed by atoms with Crippen molar-refractivity contribution in [3.8, 4) is 0 Å². The third-order valence-electron chi connectivity index (χ3n) is 3.46. The second kappa shape index (κ2) is 9.00. The molecule has 5 heteroatoms. The Morgan fingerprint density at radius 3 is 2.39 bits per heavy atom. The molecule has 0 fully saturated rings. The average Bonchev–Trinajstić information content (AvgIpc) is 2.55. The molecule has 0 unspecified atom stereocenters. The number of halogens is 2. The van der Waals surface area contributed by atoms with Gasteiger partial charge in [0.25, 0.3) is 0 Å². The number of rotatable bonds is 8. The smallest absolute Gasteiger partial charge is 0.233 e. The molecule has 2 rings (SSSR count). The van der Waals surface area contributed by atoms with Crippen LogP contribution in [0.3, 0.4) is 0 Å². The Morgan fingerprint density at radius 1 is 0.913 bits per heavy atom. The molecule has 0 aliphatic carbocycles. The Bertz CT molecular complexity index is 629. The number of carbonyl (C=O) groups excluding carboxylic acids is 1. The van der Waals surface area contributed by atoms with E-state index in [1.165, 1.54) is 18.2 Å². The lowest BCUT2D eigenvalue weighted by atomic mass is 10.1. The highest BCUT2D eigenvalue weighted by Gasteiger charge is 2.03. The SMILES string of the molecule is O=C(CNCCc1ccccc1F)NCCc1ccc(F)cc1. The lowest BCUT2D eigenvalue weighted by Gasteiger charge is -2.07. The van der Waals surface area contributed by atoms with Gasteiger partial charge in [-0.05, 0) is 48.7 Å². The van der Waals surface area contributed by atoms with Gasteiger partial charge in [-0.25, -0.2) is 8.78 Å². The van der Waals surface area contributed by atoms with Crippen molar-refractivity contribution >= 4 is 5.91 Å². The molecule has 1 amide bonds. The number of hydrogen-bond acceptors (Lipinski definition) is 2. The summed E-state index contributed by atoms with van der Waals surface area (Å²) in [7, 11) is 0. The Hall–Kier alpha value is -2.27. The van der Waals surface area contributed by atoms with E-state index in [9.17, 15) is 13.6 Å². The number of carbonyl (C=O) groups is 1. The van der Waals surface area contributed by atoms with Gasteiger partial charge in [0.2, 0.25) is 5.91 Å². The van der Waals surface area contributed by atoms with Crippen LogP contribution in [0.25, 0.3) is 0 Å². The van der Waals surface area contributed by atoms with Crippen molar-refractivity contribution < 1.29 is 13.6 Å². The van der Waals surface area contributed by atoms with Gasteiger partial charge in [-0.3, -0.25) is 4.79 Å². The summed E-state index contributed by atoms with van der Waals surface area (Å²) in [5, 5.41) is 5.78. The molecule has 122 valence electrons. The molecule has 0 spiro atoms. The molecular formula is C18H20F2N2O. The highest BCUT2D eigenvalue weighted by molar-refractivity contribution is 5.77. The molecule has 23 heavy (non-hydrogen) atoms. The lowest BCUT2D eigenvalue weighted by molar-refractivity contribution is -0.120. The fraction of sp³-hybridized carbons (Fsp3) is 0.278. The minimum absolute atomic E-state index is 0.111. The zero-order chi connectivity index (χ0) is 16.5. The summed E-state index contributed by atoms with van der Waals surface area (Å²) < 4.78 is 26.2. The zero-order valence-electron chi connectivity index (χ0n) is 12.8. The average molecular weight is 318 g/mol. The summed E-state index contributed by atoms with van der Waals surface area (Å²) >= 11 is 0. The van der Waals surface area contributed by atoms with Gasteiger partial charge in [-0.2, -0.15) is 0 Å². The second-order valence-corrected chi connectivity index (χ2v) is 5.24. The van der Waals surface area contributed by atoms with Crippen molar-refractivity contribution in [2.45, 2.75) is 12.8 Å². The third kappa shape index (κ3) is 6.16. The van der Waals surface area contributed by atoms with Crippen LogP contribution in [0.5, 0.6) is 0 Å². The van der Waals surface area contributed by atoms with Gasteiger partial charge in [0.1, 0.15) is 11.6 Å². The van der Waals surface area contributed by atoms with Crippen molar-refractivity contribution in [1.29, 1.82) is 0 Å². The monoisotopic (exact) mass is 318 g/mol. The van der Waals surface area contributed by atoms with Crippen LogP contribution in [0.2, 0.25) is 0 Å². The standard InChI is InChI=1S/C18H20F2N2O/c19-16-7-5-14(6-8-16)9-12-22-18(23)13-21-11-10-15-3-1-2-4-17(15)20/h1-8,21H,9-13H2,(H,22,23). The van der Waals surface area contributed by atoms with Gasteiger partial charge >= 0.3 is 0 Å². The third-order valence-corrected chi connectivity index (χ3v) is 3.46. The minimum Gasteiger partial charge on any atom is -0.355 e. The highest BCUT2D eigenvalue weighted by atomic mass is 19.1. The van der Waals surface area contributed by atoms with Crippen LogP contribution in [0, 0.1) is 11.6 Å². The molecule has 3 nitrogen and oxygen atoms in total. The van der Waals surface area contributed by atoms with Gasteiger partial charge in [0.05, 0.1) is 6.54 Å². The molecule has 0 aliphatic rings. The van der Waals surface area contributed by atoms with Crippen molar-refractivity contribution in [2.75, 3.05) is 19.6 Å². The van der Waals surface area contributed by atoms with Crippen LogP contribution in [0.4, 0.5) is 8.78 Å². The van der Waals surface area contributed by atoms with E-state index in [-0.39, 0.29) is 24.1 Å². The Labute approximate surface area is 134 Å². The maximum atomic E-state index is 13.4. The number of benzene rings is 2. The van der Waals surface area contributed by atoms with E-state index in [0.717, 1.165) is 5.56 Å². The van der Waals surface area contributed by atoms with Gasteiger partial charge in [0.15, 0.2) is 0 Å². The maximum absolute atomic E-state index is 13.4. The van der Waals surface area contributed by atoms with Crippen LogP contribution in [-0.4, -0.2) is 25.5 Å². The molecule has 2 aromatic rings. The van der Waals surface area contributed by atoms with Crippen LogP contribution in [0.1, 0.15) is 11.1 Å². The summed E-state index contributed by atoms with van der Waals surface area (Å²) in [6, 6.07) is 12.8. The normalized spacial score (nSPS) is 10.5. The first-order valence-corrected chi connectivity index (χ1v) is 7.60. The van der Waals surface area contributed by atoms with Crippen LogP contribution in [0.15, 0.2) is 48.5 Å². The van der Waals surface area contributed by atoms with E-state index in [1.807, 2.05) is 0 Å². The fourth-order valence-electron chi connectivity index (χ4n) is 2.19. The van der Waals surface area contributed by atoms with Crippen molar-refractivity contribution in [2.24, 2.45) is 0 Å². The van der Waals surface area contributed by atoms with Crippen LogP contribution >= 0.6 is 0 Å². The number of hydrogen-bond donors (Lipinski definition) is 2. The van der Waals surface area contributed by atoms with E-state index in [0.29, 0.717) is 31.5 Å². The summed E-state index contributed by atoms with van der Waals surface area (Å²) in [5.74, 6) is -0.601. The summed E-state index contributed by atoms with van der Waals surface area (Å²) in [4.78, 5) is 11.7. The lowest BCUT2D eigenvalue weighted by Crippen LogP contribution is -2.35. The molecule has 0 atom stereocenters. The molecule has 0 aliphatic heterocycles. The Balaban J connectivity index is 1.58. The van der Waals surface area contributed by atoms with Gasteiger partial charge < -0.3 is 10.6 Å². The van der Waals surface area contributed by atoms with Crippen molar-refractivity contribution in [3.63, 3.8) is 0 Å². The van der Waals surface area contributed by atoms with Gasteiger partial charge in [0, 0.05) is 6.54 Å². The van der Waals surface area contributed by atoms with E-state index in [1.54, 1.807) is 30.3 Å². The van der Waals surface area contributed by atoms with Gasteiger partial charge in [-0.15, -0.1) is 0 Å². The van der Waals surface area contributed by atoms with Crippen molar-refractivity contribution in [3.05, 3.63) is 71.3 Å². The Kier molecular flexibility index (Phi) is 6.69. The summed E-state index contributed by atoms with van der Waals surface area (Å²) in [5.41, 5.74) is 1.61. The molecule has 2 N–H and O–H groups in total. The topological polar surface area (TPSA) is 41.1 Å². The molecule has 0 saturated heterocycles. The molecule has 0 bridgehead atoms. The first-order valence-electron chi connectivity index (χ1n) is 7.60. The predicted molar refractivity (Wildman–Crippen MR) is 86.1 cm³/mol. The Morgan fingerprint density at radius 2 is 1.65 bits per heavy atom. The van der Waals surface area contributed by atoms with E-state index < -0.39 is 0 Å². The molecule has 0 radical (unpaired) electrons. The fourth-order valence-corrected chi connectivity index (χ4v) is 2.19. The van der Waals surface area contributed by atoms with Crippen LogP contribution in [-0.2, 0) is 17.6 Å². The first kappa shape index (κ1) is 17.1. The largest absolute Gasteiger partial charge is 0.355 e. The second-order valence-electron chi connectivity index (χ2n) is 5.24. The quantitative estimate of drug-likeness (QED) is 0.734. The molecule has 0 heterocycles. The number of nitrogens with one attached hydrogen (secondary N) is 2. The van der Waals surface area contributed by atoms with Gasteiger partial charge in [-0.1, -0.05) is 30.3 Å². The molecular weight excluding hydrogens is 298 g/mol. The van der Waals surface area contributed by atoms with Crippen molar-refractivity contribution in [1.82, 2.24) is 10.6 Å². The maximum Gasteiger partial charge on any atom is 0.233 e. The van der Waals surface area contributed by atoms with E-state index in [2.05, 4.69) is 10.6 Å². The molecule has 2 aromatic carbocycles. The minimum atomic E-state index is -0.267. The highest BCUT2D eigenvalue weighted by Crippen LogP contribution is 2.06.